The van der Waals surface area contributed by atoms with Crippen LogP contribution in [0.3, 0.4) is 0 Å². The van der Waals surface area contributed by atoms with E-state index < -0.39 is 10.0 Å². The Balaban J connectivity index is 1.47. The van der Waals surface area contributed by atoms with Crippen LogP contribution in [-0.2, 0) is 17.1 Å². The largest absolute Gasteiger partial charge is 0.397 e. The van der Waals surface area contributed by atoms with E-state index in [2.05, 4.69) is 20.5 Å². The van der Waals surface area contributed by atoms with E-state index in [9.17, 15) is 13.2 Å². The number of amides is 1. The molecule has 1 amide bonds. The Morgan fingerprint density at radius 1 is 1.32 bits per heavy atom. The van der Waals surface area contributed by atoms with Gasteiger partial charge in [-0.1, -0.05) is 0 Å². The van der Waals surface area contributed by atoms with Crippen molar-refractivity contribution in [3.8, 4) is 0 Å². The molecule has 1 aliphatic rings. The number of nitrogens with zero attached hydrogens (tertiary/aromatic N) is 5. The number of fused-ring (bicyclic) bond motifs is 1. The highest BCUT2D eigenvalue weighted by Crippen LogP contribution is 2.35. The molecule has 12 heteroatoms. The Morgan fingerprint density at radius 3 is 2.68 bits per heavy atom. The molecule has 0 unspecified atom stereocenters. The number of hydrogen-bond acceptors (Lipinski definition) is 8. The Kier molecular flexibility index (Phi) is 4.36. The number of hydrogen-bond donors (Lipinski definition) is 2. The number of carbonyl (C=O) groups is 1. The average Bonchev–Trinajstić information content (AvgIpc) is 3.18. The number of nitrogen functional groups attached to an aromatic ring is 1. The molecule has 28 heavy (non-hydrogen) atoms. The topological polar surface area (TPSA) is 136 Å². The van der Waals surface area contributed by atoms with Gasteiger partial charge < -0.3 is 15.6 Å². The van der Waals surface area contributed by atoms with Crippen molar-refractivity contribution >= 4 is 43.2 Å². The second-order valence-corrected chi connectivity index (χ2v) is 9.69. The quantitative estimate of drug-likeness (QED) is 0.623. The predicted molar refractivity (Wildman–Crippen MR) is 105 cm³/mol. The lowest BCUT2D eigenvalue weighted by molar-refractivity contribution is 0.0900. The molecule has 3 aromatic rings. The third-order valence-corrected chi connectivity index (χ3v) is 7.62. The summed E-state index contributed by atoms with van der Waals surface area (Å²) in [6.45, 7) is 4.10. The Hall–Kier alpha value is -2.57. The number of anilines is 1. The molecule has 148 valence electrons. The molecule has 3 N–H and O–H groups in total. The van der Waals surface area contributed by atoms with Gasteiger partial charge in [0, 0.05) is 31.7 Å². The molecule has 0 bridgehead atoms. The lowest BCUT2D eigenvalue weighted by atomic mass is 10.1. The highest BCUT2D eigenvalue weighted by atomic mass is 32.2. The number of sulfonamides is 1. The predicted octanol–water partition coefficient (Wildman–Crippen LogP) is 0.427. The lowest BCUT2D eigenvalue weighted by Gasteiger charge is -2.37. The molecule has 0 aliphatic carbocycles. The van der Waals surface area contributed by atoms with Crippen molar-refractivity contribution in [2.24, 2.45) is 7.05 Å². The fourth-order valence-electron chi connectivity index (χ4n) is 3.04. The third-order valence-electron chi connectivity index (χ3n) is 4.81. The van der Waals surface area contributed by atoms with E-state index in [1.54, 1.807) is 11.6 Å². The van der Waals surface area contributed by atoms with E-state index in [4.69, 9.17) is 5.73 Å². The van der Waals surface area contributed by atoms with Gasteiger partial charge >= 0.3 is 0 Å². The highest BCUT2D eigenvalue weighted by molar-refractivity contribution is 7.89. The van der Waals surface area contributed by atoms with Crippen LogP contribution in [0.5, 0.6) is 0 Å². The van der Waals surface area contributed by atoms with Gasteiger partial charge in [0.2, 0.25) is 0 Å². The van der Waals surface area contributed by atoms with Gasteiger partial charge in [0.15, 0.2) is 5.03 Å². The molecule has 3 aromatic heterocycles. The number of imidazole rings is 1. The minimum absolute atomic E-state index is 0.00190. The van der Waals surface area contributed by atoms with Crippen LogP contribution < -0.4 is 11.1 Å². The number of nitrogens with one attached hydrogen (secondary N) is 1. The van der Waals surface area contributed by atoms with Crippen molar-refractivity contribution in [3.63, 3.8) is 0 Å². The maximum atomic E-state index is 12.7. The first kappa shape index (κ1) is 18.8. The maximum absolute atomic E-state index is 12.7. The van der Waals surface area contributed by atoms with Crippen molar-refractivity contribution in [1.82, 2.24) is 29.4 Å². The van der Waals surface area contributed by atoms with Crippen LogP contribution in [0.4, 0.5) is 5.69 Å². The molecule has 1 saturated heterocycles. The molecule has 1 aliphatic heterocycles. The van der Waals surface area contributed by atoms with E-state index in [1.807, 2.05) is 13.8 Å². The standard InChI is InChI=1S/C16H19N7O3S2/c1-8-9(2)20-21-16-12(8)13(17)14(27-16)15(24)19-10-4-23(5-10)28(25,26)11-6-22(3)7-18-11/h6-7,10H,4-5,17H2,1-3H3,(H,19,24). The van der Waals surface area contributed by atoms with Gasteiger partial charge in [-0.3, -0.25) is 4.79 Å². The van der Waals surface area contributed by atoms with Crippen molar-refractivity contribution in [3.05, 3.63) is 28.7 Å². The summed E-state index contributed by atoms with van der Waals surface area (Å²) in [6, 6.07) is -0.287. The van der Waals surface area contributed by atoms with Crippen molar-refractivity contribution in [1.29, 1.82) is 0 Å². The van der Waals surface area contributed by atoms with Gasteiger partial charge in [-0.05, 0) is 19.4 Å². The molecular weight excluding hydrogens is 402 g/mol. The number of thiophene rings is 1. The molecule has 0 atom stereocenters. The summed E-state index contributed by atoms with van der Waals surface area (Å²) in [5.74, 6) is -0.336. The van der Waals surface area contributed by atoms with Gasteiger partial charge in [0.25, 0.3) is 15.9 Å². The summed E-state index contributed by atoms with van der Waals surface area (Å²) in [4.78, 5) is 17.5. The number of aromatic nitrogens is 4. The van der Waals surface area contributed by atoms with Crippen LogP contribution in [0.15, 0.2) is 17.6 Å². The molecule has 10 nitrogen and oxygen atoms in total. The fourth-order valence-corrected chi connectivity index (χ4v) is 5.54. The average molecular weight is 422 g/mol. The van der Waals surface area contributed by atoms with Crippen LogP contribution in [0.25, 0.3) is 10.2 Å². The van der Waals surface area contributed by atoms with Crippen molar-refractivity contribution in [2.45, 2.75) is 24.9 Å². The van der Waals surface area contributed by atoms with Gasteiger partial charge in [-0.15, -0.1) is 16.4 Å². The normalized spacial score (nSPS) is 15.7. The SMILES string of the molecule is Cc1nnc2sc(C(=O)NC3CN(S(=O)(=O)c4cn(C)cn4)C3)c(N)c2c1C. The number of carbonyl (C=O) groups excluding carboxylic acids is 1. The summed E-state index contributed by atoms with van der Waals surface area (Å²) in [5, 5.41) is 11.8. The smallest absolute Gasteiger partial charge is 0.263 e. The Labute approximate surface area is 165 Å². The van der Waals surface area contributed by atoms with E-state index in [0.29, 0.717) is 15.4 Å². The third kappa shape index (κ3) is 2.93. The fraction of sp³-hybridized carbons (Fsp3) is 0.375. The van der Waals surface area contributed by atoms with Crippen LogP contribution in [0.2, 0.25) is 0 Å². The summed E-state index contributed by atoms with van der Waals surface area (Å²) < 4.78 is 27.8. The molecule has 1 fully saturated rings. The summed E-state index contributed by atoms with van der Waals surface area (Å²) in [6.07, 6.45) is 2.88. The number of rotatable bonds is 4. The van der Waals surface area contributed by atoms with E-state index in [1.165, 1.54) is 28.2 Å². The van der Waals surface area contributed by atoms with Gasteiger partial charge in [0.05, 0.1) is 23.8 Å². The van der Waals surface area contributed by atoms with Gasteiger partial charge in [0.1, 0.15) is 9.71 Å². The van der Waals surface area contributed by atoms with E-state index in [-0.39, 0.29) is 30.1 Å². The van der Waals surface area contributed by atoms with Crippen LogP contribution in [0.1, 0.15) is 20.9 Å². The first-order valence-electron chi connectivity index (χ1n) is 8.49. The van der Waals surface area contributed by atoms with Crippen molar-refractivity contribution < 1.29 is 13.2 Å². The van der Waals surface area contributed by atoms with E-state index >= 15 is 0 Å². The van der Waals surface area contributed by atoms with Gasteiger partial charge in [-0.25, -0.2) is 13.4 Å². The second kappa shape index (κ2) is 6.50. The highest BCUT2D eigenvalue weighted by Gasteiger charge is 2.39. The zero-order chi connectivity index (χ0) is 20.2. The Bertz CT molecular complexity index is 1190. The molecule has 0 saturated carbocycles. The summed E-state index contributed by atoms with van der Waals surface area (Å²) in [7, 11) is -1.94. The maximum Gasteiger partial charge on any atom is 0.263 e. The molecule has 4 rings (SSSR count). The van der Waals surface area contributed by atoms with Crippen LogP contribution in [-0.4, -0.2) is 57.5 Å². The van der Waals surface area contributed by atoms with Gasteiger partial charge in [-0.2, -0.15) is 9.40 Å². The number of nitrogens with two attached hydrogens (primary N) is 1. The van der Waals surface area contributed by atoms with Crippen molar-refractivity contribution in [2.75, 3.05) is 18.8 Å². The minimum Gasteiger partial charge on any atom is -0.397 e. The van der Waals surface area contributed by atoms with E-state index in [0.717, 1.165) is 16.6 Å². The monoisotopic (exact) mass is 421 g/mol. The molecular formula is C16H19N7O3S2. The second-order valence-electron chi connectivity index (χ2n) is 6.81. The zero-order valence-corrected chi connectivity index (χ0v) is 17.1. The zero-order valence-electron chi connectivity index (χ0n) is 15.5. The summed E-state index contributed by atoms with van der Waals surface area (Å²) >= 11 is 1.18. The minimum atomic E-state index is -3.64. The first-order valence-corrected chi connectivity index (χ1v) is 10.7. The Morgan fingerprint density at radius 2 is 2.04 bits per heavy atom. The lowest BCUT2D eigenvalue weighted by Crippen LogP contribution is -2.60. The first-order chi connectivity index (χ1) is 13.2. The van der Waals surface area contributed by atoms with Crippen LogP contribution in [0, 0.1) is 13.8 Å². The molecule has 4 heterocycles. The molecule has 0 spiro atoms. The molecule has 0 radical (unpaired) electrons. The number of aryl methyl sites for hydroxylation is 3. The summed E-state index contributed by atoms with van der Waals surface area (Å²) in [5.41, 5.74) is 8.22. The van der Waals surface area contributed by atoms with Crippen LogP contribution >= 0.6 is 11.3 Å². The molecule has 0 aromatic carbocycles.